The van der Waals surface area contributed by atoms with Crippen LogP contribution in [0.1, 0.15) is 16.2 Å². The number of aromatic nitrogens is 2. The van der Waals surface area contributed by atoms with Crippen molar-refractivity contribution in [1.82, 2.24) is 14.5 Å². The summed E-state index contributed by atoms with van der Waals surface area (Å²) in [6.45, 7) is 1.64. The molecule has 0 aliphatic carbocycles. The van der Waals surface area contributed by atoms with Crippen molar-refractivity contribution in [3.05, 3.63) is 42.0 Å². The quantitative estimate of drug-likeness (QED) is 0.747. The molecule has 1 aliphatic heterocycles. The van der Waals surface area contributed by atoms with Crippen LogP contribution in [0.3, 0.4) is 0 Å². The number of imidazole rings is 1. The molecule has 6 heteroatoms. The fraction of sp³-hybridized carbons (Fsp3) is 0.231. The maximum absolute atomic E-state index is 12.3. The molecule has 0 spiro atoms. The number of hydrogen-bond acceptors (Lipinski definition) is 4. The van der Waals surface area contributed by atoms with E-state index in [1.807, 2.05) is 10.8 Å². The third kappa shape index (κ3) is 2.01. The Bertz CT molecular complexity index is 636. The standard InChI is InChI=1S/C13H13N3O3/c17-9-1-2-11(18)10(7-9)13(19)16-6-5-15-4-3-14-12(15)8-16/h1-4,7,17-18H,5-6,8H2. The molecular weight excluding hydrogens is 246 g/mol. The van der Waals surface area contributed by atoms with Crippen molar-refractivity contribution in [3.8, 4) is 11.5 Å². The molecule has 1 aromatic carbocycles. The molecule has 0 fully saturated rings. The van der Waals surface area contributed by atoms with Crippen molar-refractivity contribution in [2.75, 3.05) is 6.54 Å². The number of nitrogens with zero attached hydrogens (tertiary/aromatic N) is 3. The molecule has 1 aromatic heterocycles. The molecule has 0 unspecified atom stereocenters. The number of phenols is 2. The van der Waals surface area contributed by atoms with E-state index in [0.717, 1.165) is 5.82 Å². The van der Waals surface area contributed by atoms with Crippen LogP contribution in [0.4, 0.5) is 0 Å². The molecule has 19 heavy (non-hydrogen) atoms. The second-order valence-electron chi connectivity index (χ2n) is 4.47. The van der Waals surface area contributed by atoms with E-state index in [1.165, 1.54) is 18.2 Å². The van der Waals surface area contributed by atoms with Gasteiger partial charge >= 0.3 is 0 Å². The predicted octanol–water partition coefficient (Wildman–Crippen LogP) is 0.950. The van der Waals surface area contributed by atoms with E-state index in [4.69, 9.17) is 0 Å². The van der Waals surface area contributed by atoms with Gasteiger partial charge in [-0.1, -0.05) is 0 Å². The third-order valence-corrected chi connectivity index (χ3v) is 3.24. The molecule has 3 rings (SSSR count). The number of carbonyl (C=O) groups is 1. The van der Waals surface area contributed by atoms with Gasteiger partial charge in [-0.15, -0.1) is 0 Å². The van der Waals surface area contributed by atoms with Crippen LogP contribution >= 0.6 is 0 Å². The summed E-state index contributed by atoms with van der Waals surface area (Å²) in [6, 6.07) is 3.93. The van der Waals surface area contributed by atoms with E-state index in [0.29, 0.717) is 19.6 Å². The van der Waals surface area contributed by atoms with Gasteiger partial charge in [0.1, 0.15) is 17.3 Å². The van der Waals surface area contributed by atoms with Crippen LogP contribution in [0.5, 0.6) is 11.5 Å². The monoisotopic (exact) mass is 259 g/mol. The number of phenolic OH excluding ortho intramolecular Hbond substituents is 2. The van der Waals surface area contributed by atoms with E-state index < -0.39 is 0 Å². The number of amides is 1. The molecule has 2 heterocycles. The highest BCUT2D eigenvalue weighted by atomic mass is 16.3. The van der Waals surface area contributed by atoms with Gasteiger partial charge in [-0.3, -0.25) is 4.79 Å². The highest BCUT2D eigenvalue weighted by Gasteiger charge is 2.24. The van der Waals surface area contributed by atoms with Crippen molar-refractivity contribution in [2.45, 2.75) is 13.1 Å². The van der Waals surface area contributed by atoms with Gasteiger partial charge in [0.15, 0.2) is 0 Å². The summed E-state index contributed by atoms with van der Waals surface area (Å²) < 4.78 is 1.99. The van der Waals surface area contributed by atoms with Gasteiger partial charge in [-0.2, -0.15) is 0 Å². The van der Waals surface area contributed by atoms with E-state index in [2.05, 4.69) is 4.98 Å². The smallest absolute Gasteiger partial charge is 0.258 e. The summed E-state index contributed by atoms with van der Waals surface area (Å²) in [5.74, 6) is 0.346. The molecule has 98 valence electrons. The summed E-state index contributed by atoms with van der Waals surface area (Å²) in [5, 5.41) is 19.1. The van der Waals surface area contributed by atoms with E-state index in [1.54, 1.807) is 11.1 Å². The number of benzene rings is 1. The van der Waals surface area contributed by atoms with Crippen molar-refractivity contribution in [3.63, 3.8) is 0 Å². The van der Waals surface area contributed by atoms with Crippen LogP contribution in [0.25, 0.3) is 0 Å². The summed E-state index contributed by atoms with van der Waals surface area (Å²) in [4.78, 5) is 18.1. The van der Waals surface area contributed by atoms with Gasteiger partial charge in [0.2, 0.25) is 0 Å². The first-order chi connectivity index (χ1) is 9.15. The maximum Gasteiger partial charge on any atom is 0.258 e. The average Bonchev–Trinajstić information content (AvgIpc) is 2.88. The van der Waals surface area contributed by atoms with Crippen LogP contribution in [0, 0.1) is 0 Å². The topological polar surface area (TPSA) is 78.6 Å². The Morgan fingerprint density at radius 3 is 2.95 bits per heavy atom. The molecule has 0 radical (unpaired) electrons. The van der Waals surface area contributed by atoms with E-state index in [-0.39, 0.29) is 23.0 Å². The normalized spacial score (nSPS) is 14.2. The van der Waals surface area contributed by atoms with Crippen LogP contribution in [0.15, 0.2) is 30.6 Å². The Labute approximate surface area is 109 Å². The van der Waals surface area contributed by atoms with Gasteiger partial charge in [0.05, 0.1) is 12.1 Å². The summed E-state index contributed by atoms with van der Waals surface area (Å²) >= 11 is 0. The van der Waals surface area contributed by atoms with Crippen molar-refractivity contribution < 1.29 is 15.0 Å². The minimum Gasteiger partial charge on any atom is -0.508 e. The summed E-state index contributed by atoms with van der Waals surface area (Å²) in [5.41, 5.74) is 0.111. The SMILES string of the molecule is O=C(c1cc(O)ccc1O)N1CCn2ccnc2C1. The Morgan fingerprint density at radius 1 is 1.26 bits per heavy atom. The maximum atomic E-state index is 12.3. The first-order valence-electron chi connectivity index (χ1n) is 5.96. The van der Waals surface area contributed by atoms with Gasteiger partial charge in [-0.05, 0) is 18.2 Å². The highest BCUT2D eigenvalue weighted by molar-refractivity contribution is 5.97. The molecule has 0 atom stereocenters. The zero-order valence-electron chi connectivity index (χ0n) is 10.2. The molecule has 2 N–H and O–H groups in total. The Kier molecular flexibility index (Phi) is 2.63. The fourth-order valence-electron chi connectivity index (χ4n) is 2.21. The first kappa shape index (κ1) is 11.6. The molecule has 0 saturated heterocycles. The molecule has 1 aliphatic rings. The lowest BCUT2D eigenvalue weighted by Gasteiger charge is -2.27. The molecule has 1 amide bonds. The van der Waals surface area contributed by atoms with Crippen LogP contribution < -0.4 is 0 Å². The van der Waals surface area contributed by atoms with Crippen molar-refractivity contribution in [2.24, 2.45) is 0 Å². The average molecular weight is 259 g/mol. The molecule has 0 bridgehead atoms. The fourth-order valence-corrected chi connectivity index (χ4v) is 2.21. The van der Waals surface area contributed by atoms with Gasteiger partial charge in [-0.25, -0.2) is 4.98 Å². The minimum atomic E-state index is -0.303. The predicted molar refractivity (Wildman–Crippen MR) is 66.7 cm³/mol. The minimum absolute atomic E-state index is 0.0420. The van der Waals surface area contributed by atoms with Crippen molar-refractivity contribution >= 4 is 5.91 Å². The van der Waals surface area contributed by atoms with Crippen LogP contribution in [-0.2, 0) is 13.1 Å². The number of carbonyl (C=O) groups excluding carboxylic acids is 1. The lowest BCUT2D eigenvalue weighted by atomic mass is 10.1. The molecule has 0 saturated carbocycles. The lowest BCUT2D eigenvalue weighted by molar-refractivity contribution is 0.0704. The summed E-state index contributed by atoms with van der Waals surface area (Å²) in [7, 11) is 0. The van der Waals surface area contributed by atoms with E-state index >= 15 is 0 Å². The third-order valence-electron chi connectivity index (χ3n) is 3.24. The van der Waals surface area contributed by atoms with Crippen LogP contribution in [-0.4, -0.2) is 37.1 Å². The number of rotatable bonds is 1. The molecule has 2 aromatic rings. The van der Waals surface area contributed by atoms with Crippen LogP contribution in [0.2, 0.25) is 0 Å². The lowest BCUT2D eigenvalue weighted by Crippen LogP contribution is -2.38. The highest BCUT2D eigenvalue weighted by Crippen LogP contribution is 2.24. The zero-order chi connectivity index (χ0) is 13.4. The first-order valence-corrected chi connectivity index (χ1v) is 5.96. The molecular formula is C13H13N3O3. The van der Waals surface area contributed by atoms with Crippen molar-refractivity contribution in [1.29, 1.82) is 0 Å². The number of hydrogen-bond donors (Lipinski definition) is 2. The number of fused-ring (bicyclic) bond motifs is 1. The second-order valence-corrected chi connectivity index (χ2v) is 4.47. The van der Waals surface area contributed by atoms with E-state index in [9.17, 15) is 15.0 Å². The Hall–Kier alpha value is -2.50. The Morgan fingerprint density at radius 2 is 2.11 bits per heavy atom. The van der Waals surface area contributed by atoms with Gasteiger partial charge in [0.25, 0.3) is 5.91 Å². The summed E-state index contributed by atoms with van der Waals surface area (Å²) in [6.07, 6.45) is 3.58. The molecule has 6 nitrogen and oxygen atoms in total. The Balaban J connectivity index is 1.87. The second kappa shape index (κ2) is 4.31. The van der Waals surface area contributed by atoms with Gasteiger partial charge in [0, 0.05) is 25.5 Å². The number of aromatic hydroxyl groups is 2. The van der Waals surface area contributed by atoms with Gasteiger partial charge < -0.3 is 19.7 Å². The zero-order valence-corrected chi connectivity index (χ0v) is 10.2. The largest absolute Gasteiger partial charge is 0.508 e.